The van der Waals surface area contributed by atoms with Crippen LogP contribution in [0, 0.1) is 0 Å². The molecule has 21 heavy (non-hydrogen) atoms. The van der Waals surface area contributed by atoms with E-state index < -0.39 is 0 Å². The highest BCUT2D eigenvalue weighted by Crippen LogP contribution is 2.27. The number of halogens is 1. The van der Waals surface area contributed by atoms with Crippen molar-refractivity contribution in [3.05, 3.63) is 28.8 Å². The summed E-state index contributed by atoms with van der Waals surface area (Å²) in [7, 11) is 1.96. The maximum absolute atomic E-state index is 6.36. The topological polar surface area (TPSA) is 18.5 Å². The van der Waals surface area contributed by atoms with Crippen LogP contribution in [0.1, 0.15) is 32.8 Å². The molecule has 1 rings (SSSR count). The van der Waals surface area contributed by atoms with Crippen molar-refractivity contribution in [2.45, 2.75) is 33.7 Å². The molecule has 0 aromatic heterocycles. The maximum Gasteiger partial charge on any atom is 0.0471 e. The predicted octanol–water partition coefficient (Wildman–Crippen LogP) is 3.62. The number of anilines is 1. The molecular formula is C17H30ClN3. The summed E-state index contributed by atoms with van der Waals surface area (Å²) >= 11 is 6.36. The van der Waals surface area contributed by atoms with Gasteiger partial charge in [-0.25, -0.2) is 0 Å². The molecule has 120 valence electrons. The van der Waals surface area contributed by atoms with Gasteiger partial charge >= 0.3 is 0 Å². The zero-order chi connectivity index (χ0) is 15.7. The summed E-state index contributed by atoms with van der Waals surface area (Å²) < 4.78 is 0. The Bertz CT molecular complexity index is 405. The Morgan fingerprint density at radius 2 is 1.76 bits per heavy atom. The van der Waals surface area contributed by atoms with Crippen LogP contribution in [0.4, 0.5) is 5.69 Å². The van der Waals surface area contributed by atoms with Crippen molar-refractivity contribution in [2.24, 2.45) is 0 Å². The highest BCUT2D eigenvalue weighted by Gasteiger charge is 2.12. The number of rotatable bonds is 10. The summed E-state index contributed by atoms with van der Waals surface area (Å²) in [6.45, 7) is 13.0. The van der Waals surface area contributed by atoms with Gasteiger partial charge in [0.15, 0.2) is 0 Å². The summed E-state index contributed by atoms with van der Waals surface area (Å²) in [6, 6.07) is 6.20. The Labute approximate surface area is 135 Å². The lowest BCUT2D eigenvalue weighted by atomic mass is 10.1. The summed E-state index contributed by atoms with van der Waals surface area (Å²) in [5.41, 5.74) is 2.46. The van der Waals surface area contributed by atoms with E-state index in [9.17, 15) is 0 Å². The third-order valence-corrected chi connectivity index (χ3v) is 4.32. The third-order valence-electron chi connectivity index (χ3n) is 3.97. The van der Waals surface area contributed by atoms with Crippen LogP contribution in [0.15, 0.2) is 18.2 Å². The van der Waals surface area contributed by atoms with E-state index in [1.165, 1.54) is 17.7 Å². The van der Waals surface area contributed by atoms with E-state index in [4.69, 9.17) is 11.6 Å². The molecule has 4 heteroatoms. The van der Waals surface area contributed by atoms with Gasteiger partial charge in [0.25, 0.3) is 0 Å². The minimum atomic E-state index is 0.807. The molecule has 0 aliphatic carbocycles. The van der Waals surface area contributed by atoms with Gasteiger partial charge in [-0.1, -0.05) is 31.5 Å². The first-order valence-corrected chi connectivity index (χ1v) is 8.44. The first kappa shape index (κ1) is 18.3. The molecule has 0 atom stereocenters. The smallest absolute Gasteiger partial charge is 0.0471 e. The molecule has 0 aliphatic rings. The van der Waals surface area contributed by atoms with Crippen LogP contribution in [0.25, 0.3) is 0 Å². The predicted molar refractivity (Wildman–Crippen MR) is 94.5 cm³/mol. The van der Waals surface area contributed by atoms with E-state index in [1.54, 1.807) is 0 Å². The number of nitrogens with one attached hydrogen (secondary N) is 1. The third kappa shape index (κ3) is 5.50. The Kier molecular flexibility index (Phi) is 8.74. The van der Waals surface area contributed by atoms with E-state index in [0.29, 0.717) is 0 Å². The van der Waals surface area contributed by atoms with Gasteiger partial charge in [0, 0.05) is 35.9 Å². The van der Waals surface area contributed by atoms with Gasteiger partial charge in [0.1, 0.15) is 0 Å². The maximum atomic E-state index is 6.36. The normalized spacial score (nSPS) is 11.1. The van der Waals surface area contributed by atoms with Gasteiger partial charge in [0.05, 0.1) is 0 Å². The first-order valence-electron chi connectivity index (χ1n) is 8.07. The molecule has 0 radical (unpaired) electrons. The second-order valence-electron chi connectivity index (χ2n) is 5.23. The molecule has 0 bridgehead atoms. The molecule has 0 spiro atoms. The summed E-state index contributed by atoms with van der Waals surface area (Å²) in [4.78, 5) is 4.91. The first-order chi connectivity index (χ1) is 10.2. The van der Waals surface area contributed by atoms with E-state index in [2.05, 4.69) is 42.0 Å². The zero-order valence-corrected chi connectivity index (χ0v) is 14.7. The van der Waals surface area contributed by atoms with Crippen molar-refractivity contribution in [3.63, 3.8) is 0 Å². The van der Waals surface area contributed by atoms with Crippen LogP contribution in [0.5, 0.6) is 0 Å². The monoisotopic (exact) mass is 311 g/mol. The van der Waals surface area contributed by atoms with Crippen molar-refractivity contribution >= 4 is 17.3 Å². The van der Waals surface area contributed by atoms with Gasteiger partial charge < -0.3 is 15.1 Å². The molecule has 0 saturated carbocycles. The fourth-order valence-corrected chi connectivity index (χ4v) is 2.91. The molecule has 1 aromatic carbocycles. The highest BCUT2D eigenvalue weighted by molar-refractivity contribution is 6.31. The van der Waals surface area contributed by atoms with E-state index >= 15 is 0 Å². The van der Waals surface area contributed by atoms with Crippen LogP contribution in [0.2, 0.25) is 5.02 Å². The Morgan fingerprint density at radius 3 is 2.33 bits per heavy atom. The second-order valence-corrected chi connectivity index (χ2v) is 5.64. The van der Waals surface area contributed by atoms with Crippen LogP contribution in [-0.2, 0) is 6.54 Å². The molecule has 0 aliphatic heterocycles. The molecule has 0 fully saturated rings. The Balaban J connectivity index is 2.73. The van der Waals surface area contributed by atoms with Crippen LogP contribution in [-0.4, -0.2) is 44.7 Å². The lowest BCUT2D eigenvalue weighted by Gasteiger charge is -2.27. The van der Waals surface area contributed by atoms with E-state index in [1.807, 2.05) is 19.2 Å². The van der Waals surface area contributed by atoms with Crippen LogP contribution in [0.3, 0.4) is 0 Å². The largest absolute Gasteiger partial charge is 0.371 e. The summed E-state index contributed by atoms with van der Waals surface area (Å²) in [5.74, 6) is 0. The van der Waals surface area contributed by atoms with Crippen LogP contribution < -0.4 is 10.2 Å². The highest BCUT2D eigenvalue weighted by atomic mass is 35.5. The summed E-state index contributed by atoms with van der Waals surface area (Å²) in [6.07, 6.45) is 1.18. The van der Waals surface area contributed by atoms with Gasteiger partial charge in [-0.05, 0) is 52.2 Å². The molecule has 3 nitrogen and oxygen atoms in total. The number of hydrogen-bond acceptors (Lipinski definition) is 3. The zero-order valence-electron chi connectivity index (χ0n) is 14.0. The van der Waals surface area contributed by atoms with Gasteiger partial charge in [-0.15, -0.1) is 0 Å². The van der Waals surface area contributed by atoms with Crippen LogP contribution >= 0.6 is 11.6 Å². The fourth-order valence-electron chi connectivity index (χ4n) is 2.67. The summed E-state index contributed by atoms with van der Waals surface area (Å²) in [5, 5.41) is 4.07. The molecule has 1 aromatic rings. The SMILES string of the molecule is CCN(CC)CCCN(CC)c1cccc(Cl)c1CNC. The molecular weight excluding hydrogens is 282 g/mol. The fraction of sp³-hybridized carbons (Fsp3) is 0.647. The standard InChI is InChI=1S/C17H30ClN3/c1-5-20(6-2)12-9-13-21(7-3)17-11-8-10-16(18)15(17)14-19-4/h8,10-11,19H,5-7,9,12-14H2,1-4H3. The van der Waals surface area contributed by atoms with Gasteiger partial charge in [0.2, 0.25) is 0 Å². The van der Waals surface area contributed by atoms with Crippen molar-refractivity contribution in [1.29, 1.82) is 0 Å². The van der Waals surface area contributed by atoms with Gasteiger partial charge in [-0.2, -0.15) is 0 Å². The average molecular weight is 312 g/mol. The van der Waals surface area contributed by atoms with Crippen molar-refractivity contribution in [2.75, 3.05) is 44.7 Å². The van der Waals surface area contributed by atoms with Gasteiger partial charge in [-0.3, -0.25) is 0 Å². The molecule has 0 amide bonds. The second kappa shape index (κ2) is 10.0. The molecule has 1 N–H and O–H groups in total. The minimum Gasteiger partial charge on any atom is -0.371 e. The molecule has 0 heterocycles. The lowest BCUT2D eigenvalue weighted by Crippen LogP contribution is -2.30. The number of benzene rings is 1. The molecule has 0 unspecified atom stereocenters. The van der Waals surface area contributed by atoms with E-state index in [-0.39, 0.29) is 0 Å². The van der Waals surface area contributed by atoms with Crippen molar-refractivity contribution < 1.29 is 0 Å². The number of nitrogens with zero attached hydrogens (tertiary/aromatic N) is 2. The average Bonchev–Trinajstić information content (AvgIpc) is 2.50. The quantitative estimate of drug-likeness (QED) is 0.712. The molecule has 0 saturated heterocycles. The van der Waals surface area contributed by atoms with E-state index in [0.717, 1.165) is 44.3 Å². The Hall–Kier alpha value is -0.770. The lowest BCUT2D eigenvalue weighted by molar-refractivity contribution is 0.300. The number of hydrogen-bond donors (Lipinski definition) is 1. The van der Waals surface area contributed by atoms with Crippen molar-refractivity contribution in [3.8, 4) is 0 Å². The minimum absolute atomic E-state index is 0.807. The Morgan fingerprint density at radius 1 is 1.05 bits per heavy atom. The van der Waals surface area contributed by atoms with Crippen molar-refractivity contribution in [1.82, 2.24) is 10.2 Å².